The van der Waals surface area contributed by atoms with E-state index in [2.05, 4.69) is 0 Å². The molecular weight excluding hydrogens is 232 g/mol. The van der Waals surface area contributed by atoms with Crippen molar-refractivity contribution in [2.24, 2.45) is 0 Å². The van der Waals surface area contributed by atoms with Gasteiger partial charge < -0.3 is 9.84 Å². The van der Waals surface area contributed by atoms with Crippen LogP contribution in [0.1, 0.15) is 5.56 Å². The maximum absolute atomic E-state index is 9.90. The topological polar surface area (TPSA) is 29.5 Å². The van der Waals surface area contributed by atoms with Crippen LogP contribution in [0.2, 0.25) is 0 Å². The molecule has 0 amide bonds. The lowest BCUT2D eigenvalue weighted by Crippen LogP contribution is -1.89. The third-order valence-corrected chi connectivity index (χ3v) is 3.75. The summed E-state index contributed by atoms with van der Waals surface area (Å²) in [5.74, 6) is 1.08. The maximum atomic E-state index is 9.90. The highest BCUT2D eigenvalue weighted by Gasteiger charge is 2.11. The molecule has 0 unspecified atom stereocenters. The summed E-state index contributed by atoms with van der Waals surface area (Å²) in [6.07, 6.45) is 0. The molecule has 0 bridgehead atoms. The van der Waals surface area contributed by atoms with Gasteiger partial charge in [0.05, 0.1) is 12.0 Å². The smallest absolute Gasteiger partial charge is 0.130 e. The molecule has 88 valence electrons. The average molecular weight is 246 g/mol. The van der Waals surface area contributed by atoms with Gasteiger partial charge in [0.2, 0.25) is 0 Å². The molecule has 0 saturated heterocycles. The summed E-state index contributed by atoms with van der Waals surface area (Å²) in [5, 5.41) is 9.90. The van der Waals surface area contributed by atoms with E-state index in [-0.39, 0.29) is 5.75 Å². The average Bonchev–Trinajstić information content (AvgIpc) is 2.36. The molecule has 1 N–H and O–H groups in total. The first-order chi connectivity index (χ1) is 8.22. The van der Waals surface area contributed by atoms with E-state index >= 15 is 0 Å². The predicted molar refractivity (Wildman–Crippen MR) is 70.0 cm³/mol. The zero-order chi connectivity index (χ0) is 12.3. The molecule has 0 saturated carbocycles. The highest BCUT2D eigenvalue weighted by Crippen LogP contribution is 2.40. The Hall–Kier alpha value is -1.61. The number of hydrogen-bond donors (Lipinski definition) is 1. The Labute approximate surface area is 105 Å². The molecule has 17 heavy (non-hydrogen) atoms. The van der Waals surface area contributed by atoms with Crippen LogP contribution in [0.4, 0.5) is 0 Å². The molecule has 2 aromatic carbocycles. The normalized spacial score (nSPS) is 10.2. The summed E-state index contributed by atoms with van der Waals surface area (Å²) >= 11 is 1.54. The van der Waals surface area contributed by atoms with E-state index in [1.165, 1.54) is 0 Å². The fourth-order valence-corrected chi connectivity index (χ4v) is 2.57. The number of benzene rings is 2. The van der Waals surface area contributed by atoms with Crippen LogP contribution in [0.15, 0.2) is 52.3 Å². The molecule has 2 nitrogen and oxygen atoms in total. The fraction of sp³-hybridized carbons (Fsp3) is 0.143. The zero-order valence-electron chi connectivity index (χ0n) is 9.81. The maximum Gasteiger partial charge on any atom is 0.130 e. The minimum absolute atomic E-state index is 0.289. The van der Waals surface area contributed by atoms with Crippen molar-refractivity contribution in [1.29, 1.82) is 0 Å². The lowest BCUT2D eigenvalue weighted by Gasteiger charge is -2.11. The summed E-state index contributed by atoms with van der Waals surface area (Å²) in [4.78, 5) is 1.94. The van der Waals surface area contributed by atoms with Crippen LogP contribution in [0.25, 0.3) is 0 Å². The molecule has 0 aliphatic carbocycles. The van der Waals surface area contributed by atoms with Crippen LogP contribution in [0.5, 0.6) is 11.5 Å². The Morgan fingerprint density at radius 3 is 2.41 bits per heavy atom. The standard InChI is InChI=1S/C14H14O2S/c1-10-13(16-2)9-8-12(15)14(10)17-11-6-4-3-5-7-11/h3-9,15H,1-2H3. The molecule has 0 atom stereocenters. The van der Waals surface area contributed by atoms with E-state index < -0.39 is 0 Å². The lowest BCUT2D eigenvalue weighted by atomic mass is 10.2. The second-order valence-corrected chi connectivity index (χ2v) is 4.74. The largest absolute Gasteiger partial charge is 0.507 e. The zero-order valence-corrected chi connectivity index (χ0v) is 10.6. The molecule has 0 aliphatic rings. The van der Waals surface area contributed by atoms with Crippen LogP contribution in [-0.4, -0.2) is 12.2 Å². The highest BCUT2D eigenvalue weighted by molar-refractivity contribution is 7.99. The fourth-order valence-electron chi connectivity index (χ4n) is 1.62. The first-order valence-electron chi connectivity index (χ1n) is 5.32. The van der Waals surface area contributed by atoms with Gasteiger partial charge in [-0.25, -0.2) is 0 Å². The van der Waals surface area contributed by atoms with Gasteiger partial charge in [-0.05, 0) is 31.2 Å². The molecule has 0 heterocycles. The van der Waals surface area contributed by atoms with E-state index in [1.807, 2.05) is 37.3 Å². The Balaban J connectivity index is 2.38. The second kappa shape index (κ2) is 5.15. The quantitative estimate of drug-likeness (QED) is 0.891. The van der Waals surface area contributed by atoms with Crippen LogP contribution in [0.3, 0.4) is 0 Å². The van der Waals surface area contributed by atoms with Crippen LogP contribution >= 0.6 is 11.8 Å². The minimum Gasteiger partial charge on any atom is -0.507 e. The highest BCUT2D eigenvalue weighted by atomic mass is 32.2. The van der Waals surface area contributed by atoms with Gasteiger partial charge in [-0.15, -0.1) is 0 Å². The van der Waals surface area contributed by atoms with Crippen molar-refractivity contribution >= 4 is 11.8 Å². The number of hydrogen-bond acceptors (Lipinski definition) is 3. The van der Waals surface area contributed by atoms with Crippen molar-refractivity contribution in [3.63, 3.8) is 0 Å². The van der Waals surface area contributed by atoms with Crippen molar-refractivity contribution in [1.82, 2.24) is 0 Å². The Kier molecular flexibility index (Phi) is 3.59. The Morgan fingerprint density at radius 2 is 1.76 bits per heavy atom. The molecule has 0 aliphatic heterocycles. The molecule has 2 rings (SSSR count). The van der Waals surface area contributed by atoms with Gasteiger partial charge in [-0.2, -0.15) is 0 Å². The van der Waals surface area contributed by atoms with Crippen molar-refractivity contribution in [2.45, 2.75) is 16.7 Å². The Morgan fingerprint density at radius 1 is 1.06 bits per heavy atom. The summed E-state index contributed by atoms with van der Waals surface area (Å²) in [7, 11) is 1.64. The van der Waals surface area contributed by atoms with Gasteiger partial charge in [0.25, 0.3) is 0 Å². The van der Waals surface area contributed by atoms with Gasteiger partial charge in [0.1, 0.15) is 11.5 Å². The molecule has 0 aromatic heterocycles. The summed E-state index contributed by atoms with van der Waals surface area (Å²) in [6, 6.07) is 13.4. The number of ether oxygens (including phenoxy) is 1. The van der Waals surface area contributed by atoms with Gasteiger partial charge in [-0.1, -0.05) is 30.0 Å². The van der Waals surface area contributed by atoms with E-state index in [4.69, 9.17) is 4.74 Å². The molecule has 2 aromatic rings. The van der Waals surface area contributed by atoms with Crippen molar-refractivity contribution < 1.29 is 9.84 Å². The number of phenols is 1. The second-order valence-electron chi connectivity index (χ2n) is 3.66. The Bertz CT molecular complexity index is 509. The SMILES string of the molecule is COc1ccc(O)c(Sc2ccccc2)c1C. The molecule has 0 radical (unpaired) electrons. The van der Waals surface area contributed by atoms with Crippen molar-refractivity contribution in [2.75, 3.05) is 7.11 Å². The summed E-state index contributed by atoms with van der Waals surface area (Å²) < 4.78 is 5.25. The molecular formula is C14H14O2S. The number of methoxy groups -OCH3 is 1. The van der Waals surface area contributed by atoms with E-state index in [1.54, 1.807) is 31.0 Å². The molecule has 3 heteroatoms. The first-order valence-corrected chi connectivity index (χ1v) is 6.13. The predicted octanol–water partition coefficient (Wildman–Crippen LogP) is 3.86. The number of phenolic OH excluding ortho intramolecular Hbond substituents is 1. The summed E-state index contributed by atoms with van der Waals surface area (Å²) in [6.45, 7) is 1.95. The van der Waals surface area contributed by atoms with Crippen LogP contribution in [-0.2, 0) is 0 Å². The van der Waals surface area contributed by atoms with Gasteiger partial charge in [0, 0.05) is 10.5 Å². The third-order valence-electron chi connectivity index (χ3n) is 2.52. The van der Waals surface area contributed by atoms with E-state index in [9.17, 15) is 5.11 Å². The summed E-state index contributed by atoms with van der Waals surface area (Å²) in [5.41, 5.74) is 0.960. The number of rotatable bonds is 3. The van der Waals surface area contributed by atoms with Crippen molar-refractivity contribution in [3.8, 4) is 11.5 Å². The molecule has 0 spiro atoms. The van der Waals surface area contributed by atoms with Gasteiger partial charge in [-0.3, -0.25) is 0 Å². The van der Waals surface area contributed by atoms with Crippen molar-refractivity contribution in [3.05, 3.63) is 48.0 Å². The minimum atomic E-state index is 0.289. The van der Waals surface area contributed by atoms with Gasteiger partial charge in [0.15, 0.2) is 0 Å². The molecule has 0 fully saturated rings. The van der Waals surface area contributed by atoms with Gasteiger partial charge >= 0.3 is 0 Å². The van der Waals surface area contributed by atoms with Crippen LogP contribution < -0.4 is 4.74 Å². The van der Waals surface area contributed by atoms with Crippen LogP contribution in [0, 0.1) is 6.92 Å². The monoisotopic (exact) mass is 246 g/mol. The lowest BCUT2D eigenvalue weighted by molar-refractivity contribution is 0.405. The third kappa shape index (κ3) is 2.56. The first kappa shape index (κ1) is 11.9. The van der Waals surface area contributed by atoms with E-state index in [0.29, 0.717) is 0 Å². The number of aromatic hydroxyl groups is 1. The van der Waals surface area contributed by atoms with E-state index in [0.717, 1.165) is 21.1 Å².